The maximum Gasteiger partial charge on any atom is 0.185 e. The van der Waals surface area contributed by atoms with Gasteiger partial charge in [-0.1, -0.05) is 0 Å². The first-order valence-electron chi connectivity index (χ1n) is 4.70. The molecule has 4 nitrogen and oxygen atoms in total. The van der Waals surface area contributed by atoms with Gasteiger partial charge in [-0.2, -0.15) is 0 Å². The van der Waals surface area contributed by atoms with Crippen LogP contribution in [0.2, 0.25) is 0 Å². The molecule has 1 heterocycles. The van der Waals surface area contributed by atoms with E-state index in [0.717, 1.165) is 0 Å². The second-order valence-electron chi connectivity index (χ2n) is 3.25. The molecule has 1 N–H and O–H groups in total. The van der Waals surface area contributed by atoms with Crippen molar-refractivity contribution in [1.29, 1.82) is 0 Å². The second kappa shape index (κ2) is 4.67. The summed E-state index contributed by atoms with van der Waals surface area (Å²) < 4.78 is 18.9. The molecule has 2 rings (SSSR count). The molecule has 0 saturated heterocycles. The van der Waals surface area contributed by atoms with Gasteiger partial charge in [0.05, 0.1) is 7.11 Å². The van der Waals surface area contributed by atoms with Crippen LogP contribution in [0.5, 0.6) is 5.75 Å². The van der Waals surface area contributed by atoms with Gasteiger partial charge in [-0.05, 0) is 34.1 Å². The highest BCUT2D eigenvalue weighted by atomic mass is 79.9. The van der Waals surface area contributed by atoms with E-state index in [1.807, 2.05) is 0 Å². The van der Waals surface area contributed by atoms with Crippen molar-refractivity contribution in [2.24, 2.45) is 0 Å². The van der Waals surface area contributed by atoms with Crippen molar-refractivity contribution in [3.63, 3.8) is 0 Å². The molecule has 17 heavy (non-hydrogen) atoms. The monoisotopic (exact) mass is 298 g/mol. The Hall–Kier alpha value is -1.69. The van der Waals surface area contributed by atoms with E-state index in [-0.39, 0.29) is 11.6 Å². The fraction of sp³-hybridized carbons (Fsp3) is 0.0909. The van der Waals surface area contributed by atoms with Crippen LogP contribution in [0.4, 0.5) is 4.39 Å². The van der Waals surface area contributed by atoms with Gasteiger partial charge >= 0.3 is 0 Å². The van der Waals surface area contributed by atoms with Gasteiger partial charge in [0, 0.05) is 5.56 Å². The number of rotatable bonds is 3. The number of nitrogens with zero attached hydrogens (tertiary/aromatic N) is 1. The van der Waals surface area contributed by atoms with Gasteiger partial charge in [-0.3, -0.25) is 4.79 Å². The average Bonchev–Trinajstić information content (AvgIpc) is 2.70. The van der Waals surface area contributed by atoms with E-state index in [1.54, 1.807) is 6.07 Å². The lowest BCUT2D eigenvalue weighted by Gasteiger charge is -2.03. The number of aromatic nitrogens is 2. The maximum atomic E-state index is 13.5. The van der Waals surface area contributed by atoms with Gasteiger partial charge in [0.25, 0.3) is 0 Å². The third-order valence-corrected chi connectivity index (χ3v) is 2.79. The van der Waals surface area contributed by atoms with Gasteiger partial charge in [0.2, 0.25) is 0 Å². The molecule has 0 fully saturated rings. The quantitative estimate of drug-likeness (QED) is 0.887. The molecule has 0 amide bonds. The first-order valence-corrected chi connectivity index (χ1v) is 5.49. The molecule has 0 spiro atoms. The predicted octanol–water partition coefficient (Wildman–Crippen LogP) is 2.80. The van der Waals surface area contributed by atoms with Crippen molar-refractivity contribution in [2.45, 2.75) is 0 Å². The summed E-state index contributed by atoms with van der Waals surface area (Å²) in [6.45, 7) is 0. The third-order valence-electron chi connectivity index (χ3n) is 2.21. The molecule has 0 aliphatic heterocycles. The van der Waals surface area contributed by atoms with Crippen molar-refractivity contribution in [3.8, 4) is 17.0 Å². The minimum absolute atomic E-state index is 0.163. The minimum atomic E-state index is -0.479. The molecule has 6 heteroatoms. The summed E-state index contributed by atoms with van der Waals surface area (Å²) in [5.41, 5.74) is 1.04. The van der Waals surface area contributed by atoms with Crippen LogP contribution >= 0.6 is 15.9 Å². The minimum Gasteiger partial charge on any atom is -0.494 e. The van der Waals surface area contributed by atoms with Crippen LogP contribution in [0.3, 0.4) is 0 Å². The topological polar surface area (TPSA) is 55.0 Å². The molecule has 1 aromatic carbocycles. The Morgan fingerprint density at radius 2 is 2.29 bits per heavy atom. The number of H-pyrrole nitrogens is 1. The highest BCUT2D eigenvalue weighted by molar-refractivity contribution is 9.10. The van der Waals surface area contributed by atoms with Crippen molar-refractivity contribution in [1.82, 2.24) is 9.97 Å². The molecule has 1 aromatic heterocycles. The smallest absolute Gasteiger partial charge is 0.185 e. The number of carbonyl (C=O) groups excluding carboxylic acids is 1. The first-order chi connectivity index (χ1) is 8.15. The second-order valence-corrected chi connectivity index (χ2v) is 4.04. The fourth-order valence-electron chi connectivity index (χ4n) is 1.43. The largest absolute Gasteiger partial charge is 0.494 e. The number of ether oxygens (including phenoxy) is 1. The maximum absolute atomic E-state index is 13.5. The molecule has 88 valence electrons. The summed E-state index contributed by atoms with van der Waals surface area (Å²) in [6, 6.07) is 4.47. The summed E-state index contributed by atoms with van der Waals surface area (Å²) >= 11 is 3.22. The number of carbonyl (C=O) groups is 1. The highest BCUT2D eigenvalue weighted by Gasteiger charge is 2.12. The number of nitrogens with one attached hydrogen (secondary N) is 1. The number of halogens is 2. The Labute approximate surface area is 105 Å². The summed E-state index contributed by atoms with van der Waals surface area (Å²) in [5.74, 6) is -0.133. The molecule has 0 atom stereocenters. The lowest BCUT2D eigenvalue weighted by atomic mass is 10.1. The van der Waals surface area contributed by atoms with Gasteiger partial charge < -0.3 is 9.72 Å². The van der Waals surface area contributed by atoms with E-state index in [9.17, 15) is 9.18 Å². The molecule has 0 aliphatic rings. The van der Waals surface area contributed by atoms with Crippen molar-refractivity contribution in [3.05, 3.63) is 34.4 Å². The molecular formula is C11H8BrFN2O2. The number of benzene rings is 1. The molecule has 2 aromatic rings. The number of hydrogen-bond donors (Lipinski definition) is 1. The van der Waals surface area contributed by atoms with Crippen molar-refractivity contribution in [2.75, 3.05) is 7.11 Å². The number of hydrogen-bond acceptors (Lipinski definition) is 3. The summed E-state index contributed by atoms with van der Waals surface area (Å²) in [7, 11) is 1.40. The van der Waals surface area contributed by atoms with Crippen LogP contribution in [0.25, 0.3) is 11.3 Å². The highest BCUT2D eigenvalue weighted by Crippen LogP contribution is 2.29. The molecule has 0 radical (unpaired) electrons. The molecule has 0 unspecified atom stereocenters. The van der Waals surface area contributed by atoms with E-state index in [4.69, 9.17) is 4.74 Å². The summed E-state index contributed by atoms with van der Waals surface area (Å²) in [4.78, 5) is 17.3. The zero-order valence-corrected chi connectivity index (χ0v) is 10.4. The average molecular weight is 299 g/mol. The van der Waals surface area contributed by atoms with E-state index < -0.39 is 5.82 Å². The fourth-order valence-corrected chi connectivity index (χ4v) is 1.95. The Bertz CT molecular complexity index is 569. The molecule has 0 saturated carbocycles. The normalized spacial score (nSPS) is 10.3. The van der Waals surface area contributed by atoms with Gasteiger partial charge in [-0.15, -0.1) is 0 Å². The summed E-state index contributed by atoms with van der Waals surface area (Å²) in [6.07, 6.45) is 0.591. The lowest BCUT2D eigenvalue weighted by Crippen LogP contribution is -1.89. The van der Waals surface area contributed by atoms with Crippen LogP contribution in [-0.2, 0) is 0 Å². The van der Waals surface area contributed by atoms with Crippen LogP contribution < -0.4 is 4.74 Å². The first kappa shape index (κ1) is 11.8. The van der Waals surface area contributed by atoms with Gasteiger partial charge in [0.15, 0.2) is 23.7 Å². The Balaban J connectivity index is 2.49. The number of methoxy groups -OCH3 is 1. The summed E-state index contributed by atoms with van der Waals surface area (Å²) in [5, 5.41) is 0. The molecule has 0 bridgehead atoms. The van der Waals surface area contributed by atoms with E-state index in [2.05, 4.69) is 25.9 Å². The van der Waals surface area contributed by atoms with E-state index >= 15 is 0 Å². The van der Waals surface area contributed by atoms with Crippen LogP contribution in [0.1, 0.15) is 10.6 Å². The molecular weight excluding hydrogens is 291 g/mol. The SMILES string of the molecule is COc1ccc(-c2nc(C=O)[nH]c2Br)cc1F. The number of aldehydes is 1. The molecule has 0 aliphatic carbocycles. The van der Waals surface area contributed by atoms with E-state index in [0.29, 0.717) is 22.1 Å². The Morgan fingerprint density at radius 1 is 1.53 bits per heavy atom. The lowest BCUT2D eigenvalue weighted by molar-refractivity contribution is 0.111. The van der Waals surface area contributed by atoms with E-state index in [1.165, 1.54) is 19.2 Å². The zero-order chi connectivity index (χ0) is 12.4. The number of imidazole rings is 1. The zero-order valence-electron chi connectivity index (χ0n) is 8.83. The third kappa shape index (κ3) is 2.21. The van der Waals surface area contributed by atoms with Gasteiger partial charge in [-0.25, -0.2) is 9.37 Å². The van der Waals surface area contributed by atoms with Crippen LogP contribution in [0, 0.1) is 5.82 Å². The van der Waals surface area contributed by atoms with Crippen molar-refractivity contribution < 1.29 is 13.9 Å². The number of aromatic amines is 1. The Morgan fingerprint density at radius 3 is 2.82 bits per heavy atom. The Kier molecular flexibility index (Phi) is 3.23. The van der Waals surface area contributed by atoms with Crippen LogP contribution in [-0.4, -0.2) is 23.4 Å². The van der Waals surface area contributed by atoms with Gasteiger partial charge in [0.1, 0.15) is 10.3 Å². The van der Waals surface area contributed by atoms with Crippen molar-refractivity contribution >= 4 is 22.2 Å². The standard InChI is InChI=1S/C11H8BrFN2O2/c1-17-8-3-2-6(4-7(8)13)10-11(12)15-9(5-16)14-10/h2-5H,1H3,(H,14,15). The van der Waals surface area contributed by atoms with Crippen LogP contribution in [0.15, 0.2) is 22.8 Å². The predicted molar refractivity (Wildman–Crippen MR) is 63.6 cm³/mol.